The predicted octanol–water partition coefficient (Wildman–Crippen LogP) is 3.21. The minimum atomic E-state index is -0.747. The summed E-state index contributed by atoms with van der Waals surface area (Å²) >= 11 is 0. The van der Waals surface area contributed by atoms with Crippen molar-refractivity contribution in [2.45, 2.75) is 20.3 Å². The molecule has 0 aliphatic heterocycles. The number of aryl methyl sites for hydroxylation is 1. The van der Waals surface area contributed by atoms with E-state index in [1.54, 1.807) is 49.4 Å². The molecule has 2 N–H and O–H groups in total. The molecule has 0 spiro atoms. The largest absolute Gasteiger partial charge is 0.494 e. The Kier molecular flexibility index (Phi) is 6.92. The van der Waals surface area contributed by atoms with Crippen molar-refractivity contribution in [3.63, 3.8) is 0 Å². The maximum Gasteiger partial charge on any atom is 0.375 e. The Morgan fingerprint density at radius 3 is 2.52 bits per heavy atom. The Morgan fingerprint density at radius 2 is 1.84 bits per heavy atom. The molecule has 3 rings (SSSR count). The summed E-state index contributed by atoms with van der Waals surface area (Å²) in [6.07, 6.45) is -0.0145. The molecule has 0 aliphatic rings. The number of rotatable bonds is 9. The predicted molar refractivity (Wildman–Crippen MR) is 115 cm³/mol. The Labute approximate surface area is 179 Å². The van der Waals surface area contributed by atoms with Gasteiger partial charge >= 0.3 is 5.97 Å². The van der Waals surface area contributed by atoms with Crippen LogP contribution in [-0.2, 0) is 14.3 Å². The molecule has 0 atom stereocenters. The minimum Gasteiger partial charge on any atom is -0.494 e. The minimum absolute atomic E-state index is 0.0145. The third-order valence-corrected chi connectivity index (χ3v) is 4.68. The summed E-state index contributed by atoms with van der Waals surface area (Å²) in [4.78, 5) is 37.8. The lowest BCUT2D eigenvalue weighted by Gasteiger charge is -2.22. The standard InChI is InChI=1S/C23H24N2O6/c1-3-29-17-9-10-19-18(13-17)15(2)22(31-19)23(28)30-14-21(27)25(12-11-20(24)26)16-7-5-4-6-8-16/h4-10,13H,3,11-12,14H2,1-2H3,(H2,24,26). The number of anilines is 1. The van der Waals surface area contributed by atoms with Crippen molar-refractivity contribution >= 4 is 34.4 Å². The van der Waals surface area contributed by atoms with Crippen LogP contribution in [0.4, 0.5) is 5.69 Å². The molecule has 0 saturated carbocycles. The van der Waals surface area contributed by atoms with Crippen LogP contribution >= 0.6 is 0 Å². The lowest BCUT2D eigenvalue weighted by atomic mass is 10.1. The van der Waals surface area contributed by atoms with Crippen LogP contribution in [0.5, 0.6) is 5.75 Å². The van der Waals surface area contributed by atoms with E-state index in [0.29, 0.717) is 29.2 Å². The summed E-state index contributed by atoms with van der Waals surface area (Å²) in [6, 6.07) is 14.0. The number of benzene rings is 2. The van der Waals surface area contributed by atoms with Crippen molar-refractivity contribution in [3.05, 3.63) is 59.9 Å². The summed E-state index contributed by atoms with van der Waals surface area (Å²) < 4.78 is 16.3. The highest BCUT2D eigenvalue weighted by atomic mass is 16.5. The fourth-order valence-corrected chi connectivity index (χ4v) is 3.15. The molecule has 31 heavy (non-hydrogen) atoms. The number of primary amides is 1. The number of furan rings is 1. The molecule has 0 aliphatic carbocycles. The van der Waals surface area contributed by atoms with E-state index >= 15 is 0 Å². The van der Waals surface area contributed by atoms with Crippen molar-refractivity contribution < 1.29 is 28.3 Å². The highest BCUT2D eigenvalue weighted by molar-refractivity contribution is 5.99. The maximum atomic E-state index is 12.7. The molecule has 2 amide bonds. The van der Waals surface area contributed by atoms with Crippen LogP contribution in [0.2, 0.25) is 0 Å². The van der Waals surface area contributed by atoms with Crippen molar-refractivity contribution in [1.29, 1.82) is 0 Å². The number of nitrogens with zero attached hydrogens (tertiary/aromatic N) is 1. The Hall–Kier alpha value is -3.81. The molecule has 0 bridgehead atoms. The average molecular weight is 424 g/mol. The van der Waals surface area contributed by atoms with Gasteiger partial charge in [-0.2, -0.15) is 0 Å². The highest BCUT2D eigenvalue weighted by Crippen LogP contribution is 2.29. The smallest absolute Gasteiger partial charge is 0.375 e. The van der Waals surface area contributed by atoms with Gasteiger partial charge in [0.05, 0.1) is 6.61 Å². The quantitative estimate of drug-likeness (QED) is 0.528. The SMILES string of the molecule is CCOc1ccc2oc(C(=O)OCC(=O)N(CCC(N)=O)c3ccccc3)c(C)c2c1. The number of nitrogens with two attached hydrogens (primary N) is 1. The van der Waals surface area contributed by atoms with E-state index in [-0.39, 0.29) is 18.7 Å². The van der Waals surface area contributed by atoms with E-state index in [1.165, 1.54) is 4.90 Å². The number of esters is 1. The zero-order valence-corrected chi connectivity index (χ0v) is 17.4. The van der Waals surface area contributed by atoms with Crippen LogP contribution in [0.15, 0.2) is 52.9 Å². The molecule has 0 unspecified atom stereocenters. The zero-order chi connectivity index (χ0) is 22.4. The molecule has 0 fully saturated rings. The summed E-state index contributed by atoms with van der Waals surface area (Å²) in [6.45, 7) is 3.72. The number of ether oxygens (including phenoxy) is 2. The van der Waals surface area contributed by atoms with Crippen LogP contribution in [-0.4, -0.2) is 37.5 Å². The van der Waals surface area contributed by atoms with Gasteiger partial charge in [0.25, 0.3) is 5.91 Å². The van der Waals surface area contributed by atoms with E-state index in [4.69, 9.17) is 19.6 Å². The molecule has 0 saturated heterocycles. The van der Waals surface area contributed by atoms with Crippen LogP contribution < -0.4 is 15.4 Å². The lowest BCUT2D eigenvalue weighted by molar-refractivity contribution is -0.122. The molecular formula is C23H24N2O6. The number of carbonyl (C=O) groups excluding carboxylic acids is 3. The first-order chi connectivity index (χ1) is 14.9. The van der Waals surface area contributed by atoms with Crippen LogP contribution in [0, 0.1) is 6.92 Å². The number of amides is 2. The van der Waals surface area contributed by atoms with E-state index < -0.39 is 24.4 Å². The highest BCUT2D eigenvalue weighted by Gasteiger charge is 2.23. The first-order valence-corrected chi connectivity index (χ1v) is 9.87. The van der Waals surface area contributed by atoms with E-state index in [9.17, 15) is 14.4 Å². The number of fused-ring (bicyclic) bond motifs is 1. The second-order valence-electron chi connectivity index (χ2n) is 6.82. The molecule has 3 aromatic rings. The van der Waals surface area contributed by atoms with Gasteiger partial charge in [-0.15, -0.1) is 0 Å². The van der Waals surface area contributed by atoms with Gasteiger partial charge in [-0.05, 0) is 44.2 Å². The topological polar surface area (TPSA) is 112 Å². The van der Waals surface area contributed by atoms with Crippen LogP contribution in [0.3, 0.4) is 0 Å². The molecule has 0 radical (unpaired) electrons. The van der Waals surface area contributed by atoms with Gasteiger partial charge in [0, 0.05) is 29.6 Å². The summed E-state index contributed by atoms with van der Waals surface area (Å²) in [5.41, 5.74) is 6.91. The summed E-state index contributed by atoms with van der Waals surface area (Å²) in [7, 11) is 0. The monoisotopic (exact) mass is 424 g/mol. The maximum absolute atomic E-state index is 12.7. The first kappa shape index (κ1) is 21.9. The molecule has 2 aromatic carbocycles. The molecule has 1 heterocycles. The molecule has 162 valence electrons. The van der Waals surface area contributed by atoms with Crippen molar-refractivity contribution in [3.8, 4) is 5.75 Å². The second-order valence-corrected chi connectivity index (χ2v) is 6.82. The van der Waals surface area contributed by atoms with Gasteiger partial charge in [0.1, 0.15) is 11.3 Å². The van der Waals surface area contributed by atoms with Crippen LogP contribution in [0.25, 0.3) is 11.0 Å². The van der Waals surface area contributed by atoms with Gasteiger partial charge in [-0.3, -0.25) is 9.59 Å². The third-order valence-electron chi connectivity index (χ3n) is 4.68. The fraction of sp³-hybridized carbons (Fsp3) is 0.261. The number of para-hydroxylation sites is 1. The second kappa shape index (κ2) is 9.80. The average Bonchev–Trinajstić information content (AvgIpc) is 3.09. The van der Waals surface area contributed by atoms with Gasteiger partial charge in [-0.25, -0.2) is 4.79 Å². The Balaban J connectivity index is 1.73. The van der Waals surface area contributed by atoms with E-state index in [1.807, 2.05) is 13.0 Å². The Morgan fingerprint density at radius 1 is 1.10 bits per heavy atom. The Bertz CT molecular complexity index is 1090. The normalized spacial score (nSPS) is 10.6. The zero-order valence-electron chi connectivity index (χ0n) is 17.4. The molecular weight excluding hydrogens is 400 g/mol. The summed E-state index contributed by atoms with van der Waals surface area (Å²) in [5, 5.41) is 0.733. The molecule has 8 nitrogen and oxygen atoms in total. The summed E-state index contributed by atoms with van der Waals surface area (Å²) in [5.74, 6) is -1.06. The van der Waals surface area contributed by atoms with Crippen molar-refractivity contribution in [1.82, 2.24) is 0 Å². The first-order valence-electron chi connectivity index (χ1n) is 9.87. The molecule has 1 aromatic heterocycles. The van der Waals surface area contributed by atoms with Crippen molar-refractivity contribution in [2.75, 3.05) is 24.7 Å². The van der Waals surface area contributed by atoms with Gasteiger partial charge < -0.3 is 24.5 Å². The van der Waals surface area contributed by atoms with Gasteiger partial charge in [0.2, 0.25) is 11.7 Å². The van der Waals surface area contributed by atoms with Gasteiger partial charge in [0.15, 0.2) is 6.61 Å². The van der Waals surface area contributed by atoms with E-state index in [0.717, 1.165) is 5.39 Å². The van der Waals surface area contributed by atoms with Gasteiger partial charge in [-0.1, -0.05) is 18.2 Å². The lowest BCUT2D eigenvalue weighted by Crippen LogP contribution is -2.37. The van der Waals surface area contributed by atoms with E-state index in [2.05, 4.69) is 0 Å². The fourth-order valence-electron chi connectivity index (χ4n) is 3.15. The van der Waals surface area contributed by atoms with Crippen LogP contribution in [0.1, 0.15) is 29.5 Å². The number of carbonyl (C=O) groups is 3. The number of hydrogen-bond acceptors (Lipinski definition) is 6. The third kappa shape index (κ3) is 5.22. The molecule has 8 heteroatoms. The van der Waals surface area contributed by atoms with Crippen molar-refractivity contribution in [2.24, 2.45) is 5.73 Å². The number of hydrogen-bond donors (Lipinski definition) is 1.